The Balaban J connectivity index is 2.25. The first kappa shape index (κ1) is 14.3. The van der Waals surface area contributed by atoms with Crippen LogP contribution in [0.4, 0.5) is 0 Å². The van der Waals surface area contributed by atoms with E-state index in [1.165, 1.54) is 12.5 Å². The summed E-state index contributed by atoms with van der Waals surface area (Å²) < 4.78 is 18.3. The molecule has 2 heterocycles. The van der Waals surface area contributed by atoms with E-state index in [2.05, 4.69) is 11.1 Å². The summed E-state index contributed by atoms with van der Waals surface area (Å²) >= 11 is -1.42. The zero-order chi connectivity index (χ0) is 15.7. The van der Waals surface area contributed by atoms with Crippen molar-refractivity contribution in [3.8, 4) is 23.1 Å². The van der Waals surface area contributed by atoms with Crippen molar-refractivity contribution in [2.24, 2.45) is 7.05 Å². The molecule has 0 saturated heterocycles. The van der Waals surface area contributed by atoms with E-state index in [4.69, 9.17) is 4.18 Å². The lowest BCUT2D eigenvalue weighted by Crippen LogP contribution is -1.98. The highest BCUT2D eigenvalue weighted by Gasteiger charge is 2.17. The smallest absolute Gasteiger partial charge is 0.203 e. The van der Waals surface area contributed by atoms with Gasteiger partial charge in [-0.3, -0.25) is 4.98 Å². The zero-order valence-electron chi connectivity index (χ0n) is 12.1. The fourth-order valence-corrected chi connectivity index (χ4v) is 2.94. The predicted molar refractivity (Wildman–Crippen MR) is 85.6 cm³/mol. The number of hydrogen-bond donors (Lipinski definition) is 0. The largest absolute Gasteiger partial charge is 0.399 e. The van der Waals surface area contributed by atoms with Crippen molar-refractivity contribution >= 4 is 22.0 Å². The topological polar surface area (TPSA) is 67.9 Å². The number of nitriles is 1. The van der Waals surface area contributed by atoms with Crippen LogP contribution in [0.15, 0.2) is 42.7 Å². The van der Waals surface area contributed by atoms with Gasteiger partial charge in [0, 0.05) is 36.0 Å². The third-order valence-electron chi connectivity index (χ3n) is 3.42. The van der Waals surface area contributed by atoms with Crippen LogP contribution in [0.25, 0.3) is 22.2 Å². The average molecular weight is 311 g/mol. The van der Waals surface area contributed by atoms with Crippen molar-refractivity contribution in [1.29, 1.82) is 5.26 Å². The van der Waals surface area contributed by atoms with Crippen LogP contribution in [-0.2, 0) is 18.1 Å². The third kappa shape index (κ3) is 2.36. The highest BCUT2D eigenvalue weighted by Crippen LogP contribution is 2.33. The summed E-state index contributed by atoms with van der Waals surface area (Å²) in [7, 11) is 1.91. The van der Waals surface area contributed by atoms with E-state index in [-0.39, 0.29) is 0 Å². The third-order valence-corrected chi connectivity index (χ3v) is 3.85. The van der Waals surface area contributed by atoms with Gasteiger partial charge < -0.3 is 8.75 Å². The van der Waals surface area contributed by atoms with Crippen LogP contribution in [0.3, 0.4) is 0 Å². The SMILES string of the molecule is Cn1c(-c2cncc(OS(C)=O)c2)c(C#N)c2ccccc21. The quantitative estimate of drug-likeness (QED) is 0.746. The molecule has 0 amide bonds. The lowest BCUT2D eigenvalue weighted by Gasteiger charge is -2.07. The number of hydrogen-bond acceptors (Lipinski definition) is 4. The van der Waals surface area contributed by atoms with Crippen LogP contribution in [-0.4, -0.2) is 20.0 Å². The van der Waals surface area contributed by atoms with Crippen molar-refractivity contribution < 1.29 is 8.39 Å². The number of rotatable bonds is 3. The first-order valence-electron chi connectivity index (χ1n) is 6.56. The molecular weight excluding hydrogens is 298 g/mol. The van der Waals surface area contributed by atoms with E-state index >= 15 is 0 Å². The molecule has 0 spiro atoms. The van der Waals surface area contributed by atoms with Crippen molar-refractivity contribution in [1.82, 2.24) is 9.55 Å². The number of para-hydroxylation sites is 1. The first-order valence-corrected chi connectivity index (χ1v) is 8.05. The molecule has 0 aliphatic rings. The Morgan fingerprint density at radius 1 is 1.32 bits per heavy atom. The van der Waals surface area contributed by atoms with Gasteiger partial charge >= 0.3 is 0 Å². The average Bonchev–Trinajstić information content (AvgIpc) is 2.80. The fourth-order valence-electron chi connectivity index (χ4n) is 2.57. The van der Waals surface area contributed by atoms with Crippen molar-refractivity contribution in [3.05, 3.63) is 48.3 Å². The summed E-state index contributed by atoms with van der Waals surface area (Å²) in [5, 5.41) is 10.4. The summed E-state index contributed by atoms with van der Waals surface area (Å²) in [4.78, 5) is 4.12. The van der Waals surface area contributed by atoms with E-state index < -0.39 is 11.1 Å². The maximum Gasteiger partial charge on any atom is 0.203 e. The molecule has 5 nitrogen and oxygen atoms in total. The van der Waals surface area contributed by atoms with Crippen molar-refractivity contribution in [3.63, 3.8) is 0 Å². The van der Waals surface area contributed by atoms with E-state index in [0.717, 1.165) is 22.2 Å². The minimum absolute atomic E-state index is 0.410. The number of aryl methyl sites for hydroxylation is 1. The second-order valence-electron chi connectivity index (χ2n) is 4.81. The van der Waals surface area contributed by atoms with Gasteiger partial charge in [-0.1, -0.05) is 18.2 Å². The molecule has 0 fully saturated rings. The summed E-state index contributed by atoms with van der Waals surface area (Å²) in [5.41, 5.74) is 3.08. The lowest BCUT2D eigenvalue weighted by molar-refractivity contribution is 0.566. The number of nitrogens with zero attached hydrogens (tertiary/aromatic N) is 3. The van der Waals surface area contributed by atoms with Gasteiger partial charge in [-0.05, 0) is 12.1 Å². The molecule has 0 N–H and O–H groups in total. The highest BCUT2D eigenvalue weighted by molar-refractivity contribution is 7.79. The monoisotopic (exact) mass is 311 g/mol. The summed E-state index contributed by atoms with van der Waals surface area (Å²) in [5.74, 6) is 0.410. The van der Waals surface area contributed by atoms with Crippen LogP contribution in [0.1, 0.15) is 5.56 Å². The molecule has 22 heavy (non-hydrogen) atoms. The van der Waals surface area contributed by atoms with Crippen LogP contribution in [0.5, 0.6) is 5.75 Å². The van der Waals surface area contributed by atoms with E-state index in [1.54, 1.807) is 12.3 Å². The Kier molecular flexibility index (Phi) is 3.65. The van der Waals surface area contributed by atoms with Crippen molar-refractivity contribution in [2.75, 3.05) is 6.26 Å². The van der Waals surface area contributed by atoms with Gasteiger partial charge in [0.15, 0.2) is 5.75 Å². The number of aromatic nitrogens is 2. The Morgan fingerprint density at radius 3 is 2.82 bits per heavy atom. The second-order valence-corrected chi connectivity index (χ2v) is 5.78. The Morgan fingerprint density at radius 2 is 2.09 bits per heavy atom. The number of pyridine rings is 1. The Labute approximate surface area is 130 Å². The van der Waals surface area contributed by atoms with Crippen LogP contribution < -0.4 is 4.18 Å². The van der Waals surface area contributed by atoms with E-state index in [0.29, 0.717) is 11.3 Å². The molecule has 0 saturated carbocycles. The molecule has 3 aromatic rings. The normalized spacial score (nSPS) is 12.0. The zero-order valence-corrected chi connectivity index (χ0v) is 12.9. The van der Waals surface area contributed by atoms with Gasteiger partial charge in [0.25, 0.3) is 0 Å². The molecule has 1 aromatic carbocycles. The summed E-state index contributed by atoms with van der Waals surface area (Å²) in [6, 6.07) is 11.7. The molecule has 1 unspecified atom stereocenters. The van der Waals surface area contributed by atoms with Gasteiger partial charge in [-0.2, -0.15) is 5.26 Å². The van der Waals surface area contributed by atoms with Gasteiger partial charge in [0.2, 0.25) is 11.1 Å². The second kappa shape index (κ2) is 5.62. The van der Waals surface area contributed by atoms with E-state index in [1.807, 2.05) is 35.9 Å². The van der Waals surface area contributed by atoms with Gasteiger partial charge in [-0.15, -0.1) is 0 Å². The fraction of sp³-hybridized carbons (Fsp3) is 0.125. The minimum atomic E-state index is -1.42. The van der Waals surface area contributed by atoms with Crippen LogP contribution in [0.2, 0.25) is 0 Å². The molecule has 0 aliphatic heterocycles. The Bertz CT molecular complexity index is 925. The summed E-state index contributed by atoms with van der Waals surface area (Å²) in [6.45, 7) is 0. The molecular formula is C16H13N3O2S. The molecule has 2 aromatic heterocycles. The van der Waals surface area contributed by atoms with Gasteiger partial charge in [0.1, 0.15) is 6.07 Å². The Hall–Kier alpha value is -2.65. The number of fused-ring (bicyclic) bond motifs is 1. The predicted octanol–water partition coefficient (Wildman–Crippen LogP) is 2.78. The number of benzene rings is 1. The molecule has 1 atom stereocenters. The van der Waals surface area contributed by atoms with Crippen molar-refractivity contribution in [2.45, 2.75) is 0 Å². The van der Waals surface area contributed by atoms with Gasteiger partial charge in [0.05, 0.1) is 17.5 Å². The first-order chi connectivity index (χ1) is 10.6. The van der Waals surface area contributed by atoms with E-state index in [9.17, 15) is 9.47 Å². The molecule has 0 aliphatic carbocycles. The molecule has 6 heteroatoms. The van der Waals surface area contributed by atoms with Crippen LogP contribution in [0, 0.1) is 11.3 Å². The standard InChI is InChI=1S/C16H13N3O2S/c1-19-15-6-4-3-5-13(15)14(8-17)16(19)11-7-12(10-18-9-11)21-22(2)20/h3-7,9-10H,1-2H3. The molecule has 0 radical (unpaired) electrons. The summed E-state index contributed by atoms with van der Waals surface area (Å²) in [6.07, 6.45) is 4.62. The lowest BCUT2D eigenvalue weighted by atomic mass is 10.1. The van der Waals surface area contributed by atoms with Gasteiger partial charge in [-0.25, -0.2) is 4.21 Å². The maximum atomic E-state index is 11.2. The maximum absolute atomic E-state index is 11.2. The molecule has 110 valence electrons. The highest BCUT2D eigenvalue weighted by atomic mass is 32.2. The van der Waals surface area contributed by atoms with Crippen LogP contribution >= 0.6 is 0 Å². The molecule has 0 bridgehead atoms. The molecule has 3 rings (SSSR count). The minimum Gasteiger partial charge on any atom is -0.399 e.